The Morgan fingerprint density at radius 3 is 0.831 bits per heavy atom. The van der Waals surface area contributed by atoms with Crippen molar-refractivity contribution in [1.29, 1.82) is 16.2 Å². The van der Waals surface area contributed by atoms with Crippen molar-refractivity contribution in [2.45, 2.75) is 66.7 Å². The number of aromatic nitrogens is 4. The van der Waals surface area contributed by atoms with Gasteiger partial charge in [0.25, 0.3) is 47.3 Å². The number of carbonyl (C=O) groups excluding carboxylic acids is 8. The number of pyridine rings is 4. The minimum atomic E-state index is -0.774. The number of anilines is 8. The summed E-state index contributed by atoms with van der Waals surface area (Å²) in [5.41, 5.74) is 4.41. The van der Waals surface area contributed by atoms with Crippen LogP contribution in [0.15, 0.2) is 200 Å². The fourth-order valence-corrected chi connectivity index (χ4v) is 15.9. The standard InChI is InChI=1S/C26H24Cl2FN5O2.C25H22Cl2FN5O2.C24H20Cl2FN5O2.C22H17Cl2FN4O2/c1-15-11-18(28)13-20(26(36)32-22-8-6-17(27)14-31-22)23(15)33-25(35)19-7-5-16(12-21(19)29)24(30)34-9-3-2-4-10-34;1-14-10-17(27)12-19(25(35)31-21-7-5-16(26)13-30-21)22(14)32-24(34)18-6-4-15(11-20(18)28)23(29)33-8-2-3-9-33;1-13-9-16(26)11-18(24(34)30-20-6-4-15(25)12-29-20)21(13)31-23(33)17-5-3-14(10-19(17)27)22-28-7-8-32(22)2;1-11-7-15(24)9-17(22(31)28-19-6-4-14(23)10-27-19)20(11)29-21(30)16-5-3-13(12(2)26)8-18(16)25/h5-8,11-14,30H,2-4,9-10H2,1H3,(H,33,35)(H,31,32,36);4-7,10-13,29H,2-3,8-9H2,1H3,(H,32,34)(H,30,31,35);3-6,9-12H,7-8H2,1-2H3,(H,31,33)(H,29,30,34);3-10,26H,1-2H3,(H,29,30)(H,27,28,31). The van der Waals surface area contributed by atoms with Gasteiger partial charge in [-0.25, -0.2) is 37.5 Å². The molecule has 2 fully saturated rings. The van der Waals surface area contributed by atoms with Crippen LogP contribution in [0.3, 0.4) is 0 Å². The molecule has 0 atom stereocenters. The SMILES string of the molecule is CC(=N)c1ccc(C(=O)Nc2c(C)cc(Cl)cc2C(=O)Nc2ccc(Cl)cn2)c(F)c1.Cc1cc(Cl)cc(C(=O)Nc2ccc(Cl)cn2)c1NC(=O)c1ccc(C(=N)N2CCCC2)cc1F.Cc1cc(Cl)cc(C(=O)Nc2ccc(Cl)cn2)c1NC(=O)c1ccc(C(=N)N2CCCCC2)cc1F.Cc1cc(Cl)cc(C(=O)Nc2ccc(Cl)cn2)c1NC(=O)c1ccc(C2=NCCN2C)cc1F. The fraction of sp³-hybridized carbons (Fsp3) is 0.175. The predicted molar refractivity (Wildman–Crippen MR) is 527 cm³/mol. The van der Waals surface area contributed by atoms with E-state index >= 15 is 0 Å². The second-order valence-corrected chi connectivity index (χ2v) is 34.6. The summed E-state index contributed by atoms with van der Waals surface area (Å²) in [4.78, 5) is 130. The van der Waals surface area contributed by atoms with Gasteiger partial charge >= 0.3 is 0 Å². The van der Waals surface area contributed by atoms with Crippen molar-refractivity contribution in [3.63, 3.8) is 0 Å². The molecule has 698 valence electrons. The molecule has 8 amide bonds. The number of amides is 8. The Bertz CT molecular complexity index is 6740. The maximum absolute atomic E-state index is 15.0. The number of likely N-dealkylation sites (tertiary alicyclic amines) is 2. The number of nitrogens with one attached hydrogen (secondary N) is 11. The molecule has 3 aliphatic rings. The lowest BCUT2D eigenvalue weighted by Gasteiger charge is -2.29. The van der Waals surface area contributed by atoms with Gasteiger partial charge in [0.15, 0.2) is 0 Å². The van der Waals surface area contributed by atoms with Gasteiger partial charge < -0.3 is 62.6 Å². The Labute approximate surface area is 818 Å². The number of amidine groups is 3. The Balaban J connectivity index is 0.000000163. The molecule has 15 rings (SSSR count). The normalized spacial score (nSPS) is 12.5. The molecule has 0 saturated carbocycles. The van der Waals surface area contributed by atoms with Gasteiger partial charge in [-0.2, -0.15) is 0 Å². The second-order valence-electron chi connectivity index (χ2n) is 31.1. The first-order valence-corrected chi connectivity index (χ1v) is 44.7. The van der Waals surface area contributed by atoms with Crippen LogP contribution < -0.4 is 42.5 Å². The molecule has 0 aliphatic carbocycles. The van der Waals surface area contributed by atoms with Gasteiger partial charge in [-0.1, -0.05) is 117 Å². The van der Waals surface area contributed by atoms with Crippen LogP contribution in [0.4, 0.5) is 63.6 Å². The lowest BCUT2D eigenvalue weighted by molar-refractivity contribution is 0.100. The lowest BCUT2D eigenvalue weighted by Crippen LogP contribution is -2.35. The van der Waals surface area contributed by atoms with Crippen LogP contribution in [0.25, 0.3) is 0 Å². The number of aryl methyl sites for hydroxylation is 4. The van der Waals surface area contributed by atoms with E-state index in [0.717, 1.165) is 70.9 Å². The number of likely N-dealkylation sites (N-methyl/N-ethyl adjacent to an activating group) is 1. The maximum Gasteiger partial charge on any atom is 0.258 e. The van der Waals surface area contributed by atoms with Crippen LogP contribution in [0, 0.1) is 67.2 Å². The number of benzene rings is 8. The largest absolute Gasteiger partial charge is 0.358 e. The summed E-state index contributed by atoms with van der Waals surface area (Å²) >= 11 is 47.9. The van der Waals surface area contributed by atoms with Crippen molar-refractivity contribution >= 4 is 209 Å². The zero-order valence-corrected chi connectivity index (χ0v) is 79.2. The Hall–Kier alpha value is -13.8. The van der Waals surface area contributed by atoms with Gasteiger partial charge in [-0.3, -0.25) is 54.2 Å². The number of hydrogen-bond acceptors (Lipinski definition) is 17. The number of halogens is 12. The van der Waals surface area contributed by atoms with E-state index in [2.05, 4.69) is 67.5 Å². The topological polar surface area (TPSA) is 378 Å². The average Bonchev–Trinajstić information content (AvgIpc) is 1.21. The van der Waals surface area contributed by atoms with E-state index in [9.17, 15) is 55.9 Å². The number of hydrogen-bond donors (Lipinski definition) is 11. The molecule has 39 heteroatoms. The van der Waals surface area contributed by atoms with E-state index in [1.807, 2.05) is 21.7 Å². The first kappa shape index (κ1) is 101. The molecule has 0 bridgehead atoms. The van der Waals surface area contributed by atoms with Gasteiger partial charge in [0, 0.05) is 107 Å². The first-order chi connectivity index (χ1) is 64.8. The zero-order valence-electron chi connectivity index (χ0n) is 73.1. The molecule has 0 spiro atoms. The first-order valence-electron chi connectivity index (χ1n) is 41.7. The summed E-state index contributed by atoms with van der Waals surface area (Å²) in [6.45, 7) is 12.7. The molecule has 0 radical (unpaired) electrons. The lowest BCUT2D eigenvalue weighted by atomic mass is 10.0. The molecule has 2 saturated heterocycles. The van der Waals surface area contributed by atoms with Gasteiger partial charge in [0.05, 0.1) is 93.9 Å². The zero-order chi connectivity index (χ0) is 98.0. The van der Waals surface area contributed by atoms with Crippen LogP contribution in [-0.2, 0) is 0 Å². The van der Waals surface area contributed by atoms with Gasteiger partial charge in [-0.05, 0) is 240 Å². The summed E-state index contributed by atoms with van der Waals surface area (Å²) in [6.07, 6.45) is 10.7. The molecule has 7 heterocycles. The van der Waals surface area contributed by atoms with Crippen LogP contribution in [0.1, 0.15) is 166 Å². The number of aliphatic imine (C=N–C) groups is 1. The number of piperidine rings is 1. The van der Waals surface area contributed by atoms with E-state index in [4.69, 9.17) is 109 Å². The summed E-state index contributed by atoms with van der Waals surface area (Å²) in [6, 6.07) is 40.8. The van der Waals surface area contributed by atoms with E-state index in [-0.39, 0.29) is 108 Å². The maximum atomic E-state index is 15.0. The van der Waals surface area contributed by atoms with Crippen molar-refractivity contribution in [2.75, 3.05) is 88.9 Å². The molecule has 4 aromatic heterocycles. The van der Waals surface area contributed by atoms with Gasteiger partial charge in [0.1, 0.15) is 64.0 Å². The molecule has 136 heavy (non-hydrogen) atoms. The van der Waals surface area contributed by atoms with Crippen molar-refractivity contribution in [2.24, 2.45) is 4.99 Å². The van der Waals surface area contributed by atoms with E-state index in [1.54, 1.807) is 100 Å². The molecule has 27 nitrogen and oxygen atoms in total. The van der Waals surface area contributed by atoms with Crippen LogP contribution in [0.5, 0.6) is 0 Å². The smallest absolute Gasteiger partial charge is 0.258 e. The summed E-state index contributed by atoms with van der Waals surface area (Å²) in [5.74, 6) is -5.91. The molecule has 0 unspecified atom stereocenters. The molecular formula is C97H83Cl8F4N19O8. The van der Waals surface area contributed by atoms with E-state index < -0.39 is 70.5 Å². The third kappa shape index (κ3) is 26.2. The minimum Gasteiger partial charge on any atom is -0.358 e. The van der Waals surface area contributed by atoms with Crippen molar-refractivity contribution in [1.82, 2.24) is 34.6 Å². The summed E-state index contributed by atoms with van der Waals surface area (Å²) < 4.78 is 59.2. The third-order valence-electron chi connectivity index (χ3n) is 21.3. The highest BCUT2D eigenvalue weighted by molar-refractivity contribution is 6.34. The summed E-state index contributed by atoms with van der Waals surface area (Å²) in [5, 5.41) is 48.2. The fourth-order valence-electron chi connectivity index (χ4n) is 14.3. The molecule has 3 aliphatic heterocycles. The average molecular weight is 2000 g/mol. The monoisotopic (exact) mass is 2000 g/mol. The summed E-state index contributed by atoms with van der Waals surface area (Å²) in [7, 11) is 1.87. The van der Waals surface area contributed by atoms with Crippen LogP contribution in [0.2, 0.25) is 40.2 Å². The molecule has 11 N–H and O–H groups in total. The Morgan fingerprint density at radius 2 is 0.574 bits per heavy atom. The molecular weight excluding hydrogens is 1920 g/mol. The van der Waals surface area contributed by atoms with Crippen LogP contribution in [-0.4, -0.2) is 151 Å². The van der Waals surface area contributed by atoms with E-state index in [1.165, 1.54) is 123 Å². The van der Waals surface area contributed by atoms with Gasteiger partial charge in [-0.15, -0.1) is 0 Å². The number of rotatable bonds is 20. The Morgan fingerprint density at radius 1 is 0.309 bits per heavy atom. The quantitative estimate of drug-likeness (QED) is 0.0192. The number of carbonyl (C=O) groups is 8. The van der Waals surface area contributed by atoms with E-state index in [0.29, 0.717) is 97.1 Å². The second kappa shape index (κ2) is 46.0. The van der Waals surface area contributed by atoms with Crippen molar-refractivity contribution in [3.05, 3.63) is 347 Å². The van der Waals surface area contributed by atoms with Gasteiger partial charge in [0.2, 0.25) is 0 Å². The third-order valence-corrected chi connectivity index (χ3v) is 23.0. The highest BCUT2D eigenvalue weighted by Gasteiger charge is 2.29. The van der Waals surface area contributed by atoms with Crippen LogP contribution >= 0.6 is 92.8 Å². The molecule has 8 aromatic carbocycles. The highest BCUT2D eigenvalue weighted by atomic mass is 35.5. The number of nitrogens with zero attached hydrogens (tertiary/aromatic N) is 8. The predicted octanol–water partition coefficient (Wildman–Crippen LogP) is 22.7. The highest BCUT2D eigenvalue weighted by Crippen LogP contribution is 2.35. The minimum absolute atomic E-state index is 0.0856. The molecule has 12 aromatic rings. The van der Waals surface area contributed by atoms with Crippen molar-refractivity contribution < 1.29 is 55.9 Å². The van der Waals surface area contributed by atoms with Crippen molar-refractivity contribution in [3.8, 4) is 0 Å². The Kier molecular flexibility index (Phi) is 34.2.